The van der Waals surface area contributed by atoms with Gasteiger partial charge < -0.3 is 20.3 Å². The lowest BCUT2D eigenvalue weighted by Crippen LogP contribution is -2.46. The van der Waals surface area contributed by atoms with E-state index in [1.54, 1.807) is 0 Å². The third-order valence-corrected chi connectivity index (χ3v) is 12.6. The van der Waals surface area contributed by atoms with Crippen molar-refractivity contribution in [2.24, 2.45) is 0 Å². The lowest BCUT2D eigenvalue weighted by atomic mass is 10.0. The maximum absolute atomic E-state index is 13.2. The van der Waals surface area contributed by atoms with Crippen LogP contribution >= 0.6 is 0 Å². The minimum Gasteiger partial charge on any atom is -0.462 e. The average Bonchev–Trinajstić information content (AvgIpc) is 3.24. The number of ether oxygens (including phenoxy) is 1. The maximum Gasteiger partial charge on any atom is 0.306 e. The van der Waals surface area contributed by atoms with Crippen molar-refractivity contribution in [1.82, 2.24) is 5.32 Å². The highest BCUT2D eigenvalue weighted by Gasteiger charge is 2.24. The Morgan fingerprint density at radius 3 is 1.18 bits per heavy atom. The van der Waals surface area contributed by atoms with Crippen molar-refractivity contribution in [1.29, 1.82) is 0 Å². The largest absolute Gasteiger partial charge is 0.462 e. The molecule has 0 rings (SSSR count). The second kappa shape index (κ2) is 48.6. The molecule has 0 spiro atoms. The Balaban J connectivity index is 4.54. The molecule has 0 fully saturated rings. The number of allylic oxidation sites excluding steroid dienone is 2. The van der Waals surface area contributed by atoms with E-state index in [0.717, 1.165) is 51.4 Å². The third kappa shape index (κ3) is 43.3. The summed E-state index contributed by atoms with van der Waals surface area (Å²) in [6, 6.07) is -0.696. The molecule has 6 nitrogen and oxygen atoms in total. The molecule has 0 radical (unpaired) electrons. The van der Waals surface area contributed by atoms with Gasteiger partial charge in [-0.3, -0.25) is 9.59 Å². The maximum atomic E-state index is 13.2. The molecule has 0 saturated carbocycles. The van der Waals surface area contributed by atoms with E-state index in [9.17, 15) is 19.8 Å². The van der Waals surface area contributed by atoms with Crippen LogP contribution in [-0.2, 0) is 14.3 Å². The van der Waals surface area contributed by atoms with E-state index in [4.69, 9.17) is 4.74 Å². The van der Waals surface area contributed by atoms with Crippen molar-refractivity contribution in [2.45, 2.75) is 315 Å². The number of carbonyl (C=O) groups is 2. The van der Waals surface area contributed by atoms with E-state index >= 15 is 0 Å². The smallest absolute Gasteiger partial charge is 0.306 e. The molecule has 356 valence electrons. The standard InChI is InChI=1S/C54H105NO5/c1-4-7-10-13-16-19-22-24-26-27-28-29-31-33-36-39-42-45-50(60-54(59)47-44-41-38-35-32-30-25-23-20-17-14-11-8-5-2)48-53(58)55-51(49-56)52(57)46-43-40-37-34-21-18-15-12-9-6-3/h24,26,50-52,56-57H,4-23,25,27-49H2,1-3H3,(H,55,58)/b26-24+. The predicted octanol–water partition coefficient (Wildman–Crippen LogP) is 16.1. The van der Waals surface area contributed by atoms with Gasteiger partial charge in [0.2, 0.25) is 5.91 Å². The monoisotopic (exact) mass is 848 g/mol. The SMILES string of the molecule is CCCCCCCC/C=C/CCCCCCCCCC(CC(=O)NC(CO)C(O)CCCCCCCCCCCC)OC(=O)CCCCCCCCCCCCCCCC. The molecule has 0 saturated heterocycles. The molecule has 0 heterocycles. The fourth-order valence-corrected chi connectivity index (χ4v) is 8.49. The Morgan fingerprint density at radius 1 is 0.467 bits per heavy atom. The first-order valence-corrected chi connectivity index (χ1v) is 26.9. The van der Waals surface area contributed by atoms with Gasteiger partial charge in [-0.05, 0) is 51.4 Å². The van der Waals surface area contributed by atoms with Gasteiger partial charge in [-0.1, -0.05) is 245 Å². The van der Waals surface area contributed by atoms with E-state index in [1.165, 1.54) is 199 Å². The zero-order valence-corrected chi connectivity index (χ0v) is 40.6. The molecule has 3 atom stereocenters. The number of hydrogen-bond acceptors (Lipinski definition) is 5. The highest BCUT2D eigenvalue weighted by molar-refractivity contribution is 5.77. The van der Waals surface area contributed by atoms with E-state index in [-0.39, 0.29) is 24.9 Å². The highest BCUT2D eigenvalue weighted by atomic mass is 16.5. The van der Waals surface area contributed by atoms with Gasteiger partial charge in [0.1, 0.15) is 6.10 Å². The minimum absolute atomic E-state index is 0.0817. The Bertz CT molecular complexity index is 909. The number of unbranched alkanes of at least 4 members (excludes halogenated alkanes) is 35. The lowest BCUT2D eigenvalue weighted by Gasteiger charge is -2.24. The van der Waals surface area contributed by atoms with Crippen LogP contribution in [0.2, 0.25) is 0 Å². The van der Waals surface area contributed by atoms with Crippen LogP contribution in [0.15, 0.2) is 12.2 Å². The first-order chi connectivity index (χ1) is 29.5. The summed E-state index contributed by atoms with van der Waals surface area (Å²) < 4.78 is 5.95. The number of amides is 1. The van der Waals surface area contributed by atoms with Crippen molar-refractivity contribution in [3.8, 4) is 0 Å². The molecule has 0 aliphatic rings. The molecule has 0 aliphatic heterocycles. The van der Waals surface area contributed by atoms with Gasteiger partial charge in [-0.2, -0.15) is 0 Å². The van der Waals surface area contributed by atoms with Crippen LogP contribution in [0, 0.1) is 0 Å². The Labute approximate surface area is 374 Å². The van der Waals surface area contributed by atoms with Gasteiger partial charge in [0.05, 0.1) is 25.2 Å². The highest BCUT2D eigenvalue weighted by Crippen LogP contribution is 2.18. The molecule has 0 aromatic rings. The fraction of sp³-hybridized carbons (Fsp3) is 0.926. The first kappa shape index (κ1) is 58.6. The Kier molecular flexibility index (Phi) is 47.5. The van der Waals surface area contributed by atoms with Gasteiger partial charge in [-0.25, -0.2) is 0 Å². The molecule has 0 aromatic carbocycles. The summed E-state index contributed by atoms with van der Waals surface area (Å²) in [5, 5.41) is 23.7. The van der Waals surface area contributed by atoms with Crippen molar-refractivity contribution in [2.75, 3.05) is 6.61 Å². The molecule has 0 aromatic heterocycles. The first-order valence-electron chi connectivity index (χ1n) is 26.9. The minimum atomic E-state index is -0.782. The number of hydrogen-bond donors (Lipinski definition) is 3. The predicted molar refractivity (Wildman–Crippen MR) is 260 cm³/mol. The zero-order chi connectivity index (χ0) is 43.8. The molecular formula is C54H105NO5. The van der Waals surface area contributed by atoms with Crippen LogP contribution in [-0.4, -0.2) is 46.9 Å². The average molecular weight is 848 g/mol. The second-order valence-electron chi connectivity index (χ2n) is 18.6. The number of esters is 1. The molecule has 3 unspecified atom stereocenters. The van der Waals surface area contributed by atoms with Gasteiger partial charge in [0.25, 0.3) is 0 Å². The van der Waals surface area contributed by atoms with E-state index < -0.39 is 18.2 Å². The topological polar surface area (TPSA) is 95.9 Å². The molecular weight excluding hydrogens is 743 g/mol. The van der Waals surface area contributed by atoms with E-state index in [1.807, 2.05) is 0 Å². The molecule has 3 N–H and O–H groups in total. The van der Waals surface area contributed by atoms with Gasteiger partial charge in [0.15, 0.2) is 0 Å². The summed E-state index contributed by atoms with van der Waals surface area (Å²) >= 11 is 0. The van der Waals surface area contributed by atoms with Gasteiger partial charge >= 0.3 is 5.97 Å². The normalized spacial score (nSPS) is 13.2. The molecule has 60 heavy (non-hydrogen) atoms. The number of aliphatic hydroxyl groups excluding tert-OH is 2. The molecule has 0 aliphatic carbocycles. The molecule has 6 heteroatoms. The van der Waals surface area contributed by atoms with Crippen molar-refractivity contribution >= 4 is 11.9 Å². The van der Waals surface area contributed by atoms with Crippen molar-refractivity contribution < 1.29 is 24.5 Å². The quantitative estimate of drug-likeness (QED) is 0.0322. The van der Waals surface area contributed by atoms with Crippen LogP contribution < -0.4 is 5.32 Å². The number of aliphatic hydroxyl groups is 2. The van der Waals surface area contributed by atoms with Crippen LogP contribution in [0.25, 0.3) is 0 Å². The zero-order valence-electron chi connectivity index (χ0n) is 40.6. The Hall–Kier alpha value is -1.40. The summed E-state index contributed by atoms with van der Waals surface area (Å²) in [5.41, 5.74) is 0. The Morgan fingerprint density at radius 2 is 0.800 bits per heavy atom. The van der Waals surface area contributed by atoms with Crippen LogP contribution in [0.1, 0.15) is 297 Å². The summed E-state index contributed by atoms with van der Waals surface area (Å²) in [5.74, 6) is -0.459. The summed E-state index contributed by atoms with van der Waals surface area (Å²) in [4.78, 5) is 26.2. The van der Waals surface area contributed by atoms with E-state index in [0.29, 0.717) is 19.3 Å². The number of rotatable bonds is 49. The molecule has 1 amide bonds. The van der Waals surface area contributed by atoms with Crippen LogP contribution in [0.3, 0.4) is 0 Å². The van der Waals surface area contributed by atoms with Gasteiger partial charge in [-0.15, -0.1) is 0 Å². The summed E-state index contributed by atoms with van der Waals surface area (Å²) in [7, 11) is 0. The number of nitrogens with one attached hydrogen (secondary N) is 1. The summed E-state index contributed by atoms with van der Waals surface area (Å²) in [6.07, 6.45) is 54.2. The lowest BCUT2D eigenvalue weighted by molar-refractivity contribution is -0.151. The fourth-order valence-electron chi connectivity index (χ4n) is 8.49. The van der Waals surface area contributed by atoms with Gasteiger partial charge in [0, 0.05) is 6.42 Å². The van der Waals surface area contributed by atoms with Crippen molar-refractivity contribution in [3.63, 3.8) is 0 Å². The summed E-state index contributed by atoms with van der Waals surface area (Å²) in [6.45, 7) is 6.49. The van der Waals surface area contributed by atoms with Crippen LogP contribution in [0.5, 0.6) is 0 Å². The van der Waals surface area contributed by atoms with Crippen molar-refractivity contribution in [3.05, 3.63) is 12.2 Å². The number of carbonyl (C=O) groups excluding carboxylic acids is 2. The second-order valence-corrected chi connectivity index (χ2v) is 18.6. The molecule has 0 bridgehead atoms. The third-order valence-electron chi connectivity index (χ3n) is 12.6. The van der Waals surface area contributed by atoms with E-state index in [2.05, 4.69) is 38.2 Å². The van der Waals surface area contributed by atoms with Crippen LogP contribution in [0.4, 0.5) is 0 Å².